The Kier molecular flexibility index (Phi) is 6.22. The highest BCUT2D eigenvalue weighted by molar-refractivity contribution is 7.10. The predicted molar refractivity (Wildman–Crippen MR) is 98.4 cm³/mol. The second-order valence-corrected chi connectivity index (χ2v) is 6.63. The Morgan fingerprint density at radius 3 is 2.67 bits per heavy atom. The molecule has 0 bridgehead atoms. The third-order valence-electron chi connectivity index (χ3n) is 3.57. The fraction of sp³-hybridized carbons (Fsp3) is 0.211. The number of rotatable bonds is 8. The van der Waals surface area contributed by atoms with E-state index in [9.17, 15) is 9.59 Å². The third-order valence-corrected chi connectivity index (χ3v) is 4.51. The summed E-state index contributed by atoms with van der Waals surface area (Å²) in [5.74, 6) is -0.310. The highest BCUT2D eigenvalue weighted by Crippen LogP contribution is 2.25. The van der Waals surface area contributed by atoms with Crippen LogP contribution in [0.2, 0.25) is 0 Å². The predicted octanol–water partition coefficient (Wildman–Crippen LogP) is 2.87. The maximum absolute atomic E-state index is 12.3. The number of esters is 1. The summed E-state index contributed by atoms with van der Waals surface area (Å²) < 4.78 is 14.9. The van der Waals surface area contributed by atoms with Gasteiger partial charge in [0.1, 0.15) is 5.76 Å². The van der Waals surface area contributed by atoms with Gasteiger partial charge in [-0.15, -0.1) is 11.3 Å². The minimum Gasteiger partial charge on any atom is -0.463 e. The molecule has 1 atom stereocenters. The van der Waals surface area contributed by atoms with Crippen molar-refractivity contribution in [3.8, 4) is 5.88 Å². The molecule has 140 valence electrons. The van der Waals surface area contributed by atoms with Gasteiger partial charge in [-0.25, -0.2) is 4.79 Å². The molecule has 0 spiro atoms. The Hall–Kier alpha value is -3.13. The number of aryl methyl sites for hydroxylation is 1. The molecular formula is C19H18N2O5S. The molecule has 27 heavy (non-hydrogen) atoms. The first-order valence-corrected chi connectivity index (χ1v) is 9.09. The quantitative estimate of drug-likeness (QED) is 0.599. The third kappa shape index (κ3) is 5.42. The van der Waals surface area contributed by atoms with E-state index < -0.39 is 18.5 Å². The first kappa shape index (κ1) is 18.7. The fourth-order valence-corrected chi connectivity index (χ4v) is 3.16. The van der Waals surface area contributed by atoms with Crippen LogP contribution in [0, 0.1) is 6.92 Å². The number of aromatic nitrogens is 1. The average molecular weight is 386 g/mol. The van der Waals surface area contributed by atoms with Crippen LogP contribution >= 0.6 is 11.3 Å². The molecule has 0 radical (unpaired) electrons. The number of nitrogens with one attached hydrogen (secondary N) is 1. The Morgan fingerprint density at radius 1 is 1.19 bits per heavy atom. The largest absolute Gasteiger partial charge is 0.463 e. The summed E-state index contributed by atoms with van der Waals surface area (Å²) in [5, 5.41) is 8.44. The van der Waals surface area contributed by atoms with Gasteiger partial charge in [0.2, 0.25) is 0 Å². The number of amides is 1. The lowest BCUT2D eigenvalue weighted by atomic mass is 10.1. The normalized spacial score (nSPS) is 11.6. The van der Waals surface area contributed by atoms with Crippen LogP contribution in [0.15, 0.2) is 58.4 Å². The minimum atomic E-state index is -0.668. The molecular weight excluding hydrogens is 368 g/mol. The van der Waals surface area contributed by atoms with E-state index in [0.717, 1.165) is 10.4 Å². The van der Waals surface area contributed by atoms with E-state index in [1.165, 1.54) is 0 Å². The Morgan fingerprint density at radius 2 is 2.00 bits per heavy atom. The summed E-state index contributed by atoms with van der Waals surface area (Å²) in [7, 11) is 0. The van der Waals surface area contributed by atoms with Gasteiger partial charge < -0.3 is 19.3 Å². The Labute approximate surface area is 159 Å². The van der Waals surface area contributed by atoms with Crippen LogP contribution in [0.1, 0.15) is 22.2 Å². The van der Waals surface area contributed by atoms with Crippen LogP contribution in [0.25, 0.3) is 0 Å². The molecule has 0 unspecified atom stereocenters. The summed E-state index contributed by atoms with van der Waals surface area (Å²) in [4.78, 5) is 25.0. The van der Waals surface area contributed by atoms with Gasteiger partial charge in [0.15, 0.2) is 13.2 Å². The second kappa shape index (κ2) is 9.00. The lowest BCUT2D eigenvalue weighted by molar-refractivity contribution is -0.150. The summed E-state index contributed by atoms with van der Waals surface area (Å²) in [6.07, 6.45) is 0. The molecule has 2 aromatic heterocycles. The summed E-state index contributed by atoms with van der Waals surface area (Å²) in [5.41, 5.74) is 0.948. The minimum absolute atomic E-state index is 0.190. The molecule has 0 saturated heterocycles. The lowest BCUT2D eigenvalue weighted by Gasteiger charge is -2.18. The van der Waals surface area contributed by atoms with Crippen LogP contribution in [0.3, 0.4) is 0 Å². The van der Waals surface area contributed by atoms with E-state index in [2.05, 4.69) is 10.5 Å². The van der Waals surface area contributed by atoms with E-state index in [4.69, 9.17) is 14.0 Å². The van der Waals surface area contributed by atoms with E-state index in [1.54, 1.807) is 24.3 Å². The Balaban J connectivity index is 1.51. The highest BCUT2D eigenvalue weighted by atomic mass is 32.1. The fourth-order valence-electron chi connectivity index (χ4n) is 2.35. The van der Waals surface area contributed by atoms with Crippen molar-refractivity contribution in [2.75, 3.05) is 13.2 Å². The summed E-state index contributed by atoms with van der Waals surface area (Å²) in [6, 6.07) is 14.7. The van der Waals surface area contributed by atoms with Crippen LogP contribution in [-0.4, -0.2) is 30.2 Å². The molecule has 8 heteroatoms. The number of hydrogen-bond donors (Lipinski definition) is 1. The maximum Gasteiger partial charge on any atom is 0.344 e. The first-order valence-electron chi connectivity index (χ1n) is 8.21. The van der Waals surface area contributed by atoms with Crippen molar-refractivity contribution in [3.05, 3.63) is 70.1 Å². The monoisotopic (exact) mass is 386 g/mol. The van der Waals surface area contributed by atoms with Crippen molar-refractivity contribution in [3.63, 3.8) is 0 Å². The number of ether oxygens (including phenoxy) is 2. The topological polar surface area (TPSA) is 90.7 Å². The average Bonchev–Trinajstić information content (AvgIpc) is 3.35. The number of thiophene rings is 1. The van der Waals surface area contributed by atoms with Gasteiger partial charge in [-0.05, 0) is 29.1 Å². The van der Waals surface area contributed by atoms with Gasteiger partial charge in [0.25, 0.3) is 11.8 Å². The van der Waals surface area contributed by atoms with Gasteiger partial charge in [-0.2, -0.15) is 0 Å². The first-order chi connectivity index (χ1) is 13.1. The van der Waals surface area contributed by atoms with E-state index >= 15 is 0 Å². The van der Waals surface area contributed by atoms with Gasteiger partial charge >= 0.3 is 5.97 Å². The lowest BCUT2D eigenvalue weighted by Crippen LogP contribution is -2.33. The van der Waals surface area contributed by atoms with Gasteiger partial charge in [0, 0.05) is 10.9 Å². The van der Waals surface area contributed by atoms with Crippen molar-refractivity contribution in [2.45, 2.75) is 13.0 Å². The molecule has 0 aliphatic heterocycles. The summed E-state index contributed by atoms with van der Waals surface area (Å²) in [6.45, 7) is 0.959. The van der Waals surface area contributed by atoms with Crippen LogP contribution in [0.4, 0.5) is 0 Å². The molecule has 0 fully saturated rings. The zero-order valence-electron chi connectivity index (χ0n) is 14.6. The van der Waals surface area contributed by atoms with Crippen LogP contribution in [0.5, 0.6) is 5.88 Å². The molecule has 7 nitrogen and oxygen atoms in total. The number of carbonyl (C=O) groups excluding carboxylic acids is 2. The molecule has 0 saturated carbocycles. The van der Waals surface area contributed by atoms with Gasteiger partial charge in [-0.3, -0.25) is 4.79 Å². The Bertz CT molecular complexity index is 877. The molecule has 3 rings (SSSR count). The molecule has 2 heterocycles. The molecule has 1 N–H and O–H groups in total. The van der Waals surface area contributed by atoms with Crippen LogP contribution < -0.4 is 10.1 Å². The maximum atomic E-state index is 12.3. The second-order valence-electron chi connectivity index (χ2n) is 5.65. The molecule has 1 amide bonds. The number of hydrogen-bond acceptors (Lipinski definition) is 7. The van der Waals surface area contributed by atoms with E-state index in [0.29, 0.717) is 5.76 Å². The van der Waals surface area contributed by atoms with E-state index in [-0.39, 0.29) is 18.5 Å². The highest BCUT2D eigenvalue weighted by Gasteiger charge is 2.18. The zero-order chi connectivity index (χ0) is 19.1. The molecule has 1 aromatic carbocycles. The van der Waals surface area contributed by atoms with Crippen molar-refractivity contribution in [2.24, 2.45) is 0 Å². The standard InChI is InChI=1S/C19H18N2O5S/c1-13-10-17(21-26-13)24-12-18(23)25-11-16(22)20-19(15-8-5-9-27-15)14-6-3-2-4-7-14/h2-10,19H,11-12H2,1H3,(H,20,22)/t19-/m1/s1. The van der Waals surface area contributed by atoms with Crippen LogP contribution in [-0.2, 0) is 14.3 Å². The number of benzene rings is 1. The van der Waals surface area contributed by atoms with Gasteiger partial charge in [0.05, 0.1) is 6.04 Å². The smallest absolute Gasteiger partial charge is 0.344 e. The zero-order valence-corrected chi connectivity index (χ0v) is 15.4. The molecule has 0 aliphatic rings. The van der Waals surface area contributed by atoms with E-state index in [1.807, 2.05) is 47.8 Å². The number of nitrogens with zero attached hydrogens (tertiary/aromatic N) is 1. The van der Waals surface area contributed by atoms with Crippen molar-refractivity contribution in [1.82, 2.24) is 10.5 Å². The van der Waals surface area contributed by atoms with Crippen molar-refractivity contribution in [1.29, 1.82) is 0 Å². The SMILES string of the molecule is Cc1cc(OCC(=O)OCC(=O)N[C@H](c2ccccc2)c2cccs2)no1. The van der Waals surface area contributed by atoms with Crippen molar-refractivity contribution >= 4 is 23.2 Å². The number of carbonyl (C=O) groups is 2. The molecule has 0 aliphatic carbocycles. The van der Waals surface area contributed by atoms with Crippen molar-refractivity contribution < 1.29 is 23.6 Å². The summed E-state index contributed by atoms with van der Waals surface area (Å²) >= 11 is 1.54. The van der Waals surface area contributed by atoms with Gasteiger partial charge in [-0.1, -0.05) is 36.4 Å². The molecule has 3 aromatic rings.